The number of hydrogen-bond acceptors (Lipinski definition) is 10. The summed E-state index contributed by atoms with van der Waals surface area (Å²) in [6.45, 7) is 1.78. The Balaban J connectivity index is 1.19. The highest BCUT2D eigenvalue weighted by Crippen LogP contribution is 2.15. The van der Waals surface area contributed by atoms with Gasteiger partial charge in [0.1, 0.15) is 32.2 Å². The summed E-state index contributed by atoms with van der Waals surface area (Å²) in [4.78, 5) is 52.6. The number of alkyl carbamates (subject to hydrolysis) is 3. The average molecular weight is 803 g/mol. The van der Waals surface area contributed by atoms with Crippen molar-refractivity contribution in [3.63, 3.8) is 0 Å². The Morgan fingerprint density at radius 1 is 0.475 bits per heavy atom. The first kappa shape index (κ1) is 43.3. The molecule has 59 heavy (non-hydrogen) atoms. The molecule has 5 aromatic carbocycles. The molecule has 0 aliphatic carbocycles. The summed E-state index contributed by atoms with van der Waals surface area (Å²) >= 11 is 0. The Bertz CT molecular complexity index is 1930. The summed E-state index contributed by atoms with van der Waals surface area (Å²) < 4.78 is 27.3. The van der Waals surface area contributed by atoms with E-state index in [0.717, 1.165) is 27.8 Å². The maximum atomic E-state index is 13.2. The van der Waals surface area contributed by atoms with Crippen molar-refractivity contribution in [2.75, 3.05) is 39.3 Å². The Kier molecular flexibility index (Phi) is 18.1. The first-order chi connectivity index (χ1) is 28.9. The van der Waals surface area contributed by atoms with Crippen molar-refractivity contribution in [2.24, 2.45) is 0 Å². The van der Waals surface area contributed by atoms with Crippen LogP contribution in [0.15, 0.2) is 146 Å². The van der Waals surface area contributed by atoms with Gasteiger partial charge in [-0.1, -0.05) is 133 Å². The van der Waals surface area contributed by atoms with Gasteiger partial charge in [-0.2, -0.15) is 0 Å². The molecule has 308 valence electrons. The van der Waals surface area contributed by atoms with Gasteiger partial charge >= 0.3 is 24.2 Å². The maximum absolute atomic E-state index is 13.2. The zero-order valence-corrected chi connectivity index (χ0v) is 32.8. The smallest absolute Gasteiger partial charge is 0.407 e. The number of amides is 3. The average Bonchev–Trinajstić information content (AvgIpc) is 3.27. The first-order valence-corrected chi connectivity index (χ1v) is 19.4. The highest BCUT2D eigenvalue weighted by atomic mass is 16.6. The minimum absolute atomic E-state index is 0.0902. The van der Waals surface area contributed by atoms with E-state index < -0.39 is 30.3 Å². The van der Waals surface area contributed by atoms with Gasteiger partial charge in [0, 0.05) is 38.8 Å². The molecule has 1 atom stereocenters. The van der Waals surface area contributed by atoms with E-state index in [1.54, 1.807) is 12.1 Å². The molecule has 3 amide bonds. The molecule has 0 aliphatic rings. The lowest BCUT2D eigenvalue weighted by molar-refractivity contribution is -0.147. The van der Waals surface area contributed by atoms with Crippen LogP contribution in [0.3, 0.4) is 0 Å². The van der Waals surface area contributed by atoms with Crippen LogP contribution in [0.2, 0.25) is 0 Å². The number of esters is 1. The standard InChI is InChI=1S/C46H50N4O9/c51-43(56-31-37-13-5-1-6-14-37)35-55-42-23-21-36(22-24-42)29-41(49-46(54)59-34-40-19-11-4-12-20-40)30-50(27-25-47-44(52)57-32-38-15-7-2-8-16-38)28-26-48-45(53)58-33-39-17-9-3-10-18-39/h1-24,41H,25-35H2,(H,47,52)(H,48,53)(H,49,54). The lowest BCUT2D eigenvalue weighted by Gasteiger charge is -2.28. The second kappa shape index (κ2) is 24.7. The quantitative estimate of drug-likeness (QED) is 0.0503. The molecule has 3 N–H and O–H groups in total. The van der Waals surface area contributed by atoms with E-state index in [-0.39, 0.29) is 46.1 Å². The number of carbonyl (C=O) groups is 4. The number of ether oxygens (including phenoxy) is 5. The van der Waals surface area contributed by atoms with Crippen LogP contribution >= 0.6 is 0 Å². The second-order valence-electron chi connectivity index (χ2n) is 13.5. The van der Waals surface area contributed by atoms with Gasteiger partial charge in [0.15, 0.2) is 6.61 Å². The molecule has 13 heteroatoms. The van der Waals surface area contributed by atoms with Crippen molar-refractivity contribution in [3.8, 4) is 5.75 Å². The SMILES string of the molecule is O=C(COc1ccc(CC(CN(CCNC(=O)OCc2ccccc2)CCNC(=O)OCc2ccccc2)NC(=O)OCc2ccccc2)cc1)OCc1ccccc1. The number of carbonyl (C=O) groups excluding carboxylic acids is 4. The van der Waals surface area contributed by atoms with E-state index in [1.807, 2.05) is 138 Å². The molecular formula is C46H50N4O9. The predicted molar refractivity (Wildman–Crippen MR) is 221 cm³/mol. The van der Waals surface area contributed by atoms with Crippen LogP contribution < -0.4 is 20.7 Å². The molecule has 0 heterocycles. The number of hydrogen-bond donors (Lipinski definition) is 3. The van der Waals surface area contributed by atoms with Crippen LogP contribution in [-0.4, -0.2) is 74.5 Å². The second-order valence-corrected chi connectivity index (χ2v) is 13.5. The Hall–Kier alpha value is -6.86. The summed E-state index contributed by atoms with van der Waals surface area (Å²) in [6, 6.07) is 44.2. The molecule has 1 unspecified atom stereocenters. The molecule has 0 aliphatic heterocycles. The molecule has 5 aromatic rings. The Morgan fingerprint density at radius 3 is 1.32 bits per heavy atom. The molecule has 5 rings (SSSR count). The van der Waals surface area contributed by atoms with Crippen LogP contribution in [0, 0.1) is 0 Å². The third kappa shape index (κ3) is 17.4. The maximum Gasteiger partial charge on any atom is 0.407 e. The van der Waals surface area contributed by atoms with Gasteiger partial charge in [-0.15, -0.1) is 0 Å². The van der Waals surface area contributed by atoms with Gasteiger partial charge in [0.05, 0.1) is 0 Å². The number of nitrogens with zero attached hydrogens (tertiary/aromatic N) is 1. The molecule has 0 spiro atoms. The third-order valence-electron chi connectivity index (χ3n) is 8.84. The van der Waals surface area contributed by atoms with Crippen LogP contribution in [0.4, 0.5) is 14.4 Å². The lowest BCUT2D eigenvalue weighted by atomic mass is 10.1. The van der Waals surface area contributed by atoms with Gasteiger partial charge in [-0.25, -0.2) is 19.2 Å². The van der Waals surface area contributed by atoms with Crippen molar-refractivity contribution in [1.29, 1.82) is 0 Å². The summed E-state index contributed by atoms with van der Waals surface area (Å²) in [5.41, 5.74) is 4.33. The normalized spacial score (nSPS) is 11.1. The van der Waals surface area contributed by atoms with Crippen LogP contribution in [-0.2, 0) is 56.6 Å². The zero-order chi connectivity index (χ0) is 41.3. The Morgan fingerprint density at radius 2 is 0.881 bits per heavy atom. The largest absolute Gasteiger partial charge is 0.482 e. The monoisotopic (exact) mass is 802 g/mol. The summed E-state index contributed by atoms with van der Waals surface area (Å²) in [5, 5.41) is 8.59. The first-order valence-electron chi connectivity index (χ1n) is 19.4. The van der Waals surface area contributed by atoms with Crippen molar-refractivity contribution in [3.05, 3.63) is 173 Å². The summed E-state index contributed by atoms with van der Waals surface area (Å²) in [7, 11) is 0. The van der Waals surface area contributed by atoms with Gasteiger partial charge in [-0.3, -0.25) is 4.90 Å². The van der Waals surface area contributed by atoms with Gasteiger partial charge in [0.2, 0.25) is 0 Å². The van der Waals surface area contributed by atoms with E-state index in [4.69, 9.17) is 23.7 Å². The molecular weight excluding hydrogens is 753 g/mol. The molecule has 13 nitrogen and oxygen atoms in total. The zero-order valence-electron chi connectivity index (χ0n) is 32.8. The summed E-state index contributed by atoms with van der Waals surface area (Å²) in [6.07, 6.45) is -1.34. The fourth-order valence-electron chi connectivity index (χ4n) is 5.81. The topological polar surface area (TPSA) is 154 Å². The van der Waals surface area contributed by atoms with E-state index >= 15 is 0 Å². The minimum atomic E-state index is -0.599. The minimum Gasteiger partial charge on any atom is -0.482 e. The van der Waals surface area contributed by atoms with Crippen LogP contribution in [0.5, 0.6) is 5.75 Å². The molecule has 0 radical (unpaired) electrons. The van der Waals surface area contributed by atoms with E-state index in [2.05, 4.69) is 16.0 Å². The van der Waals surface area contributed by atoms with E-state index in [1.165, 1.54) is 0 Å². The fraction of sp³-hybridized carbons (Fsp3) is 0.261. The molecule has 0 fully saturated rings. The van der Waals surface area contributed by atoms with Gasteiger partial charge < -0.3 is 39.6 Å². The van der Waals surface area contributed by atoms with E-state index in [9.17, 15) is 19.2 Å². The highest BCUT2D eigenvalue weighted by molar-refractivity contribution is 5.71. The number of nitrogens with one attached hydrogen (secondary N) is 3. The molecule has 0 aromatic heterocycles. The fourth-order valence-corrected chi connectivity index (χ4v) is 5.81. The van der Waals surface area contributed by atoms with Crippen molar-refractivity contribution < 1.29 is 42.9 Å². The third-order valence-corrected chi connectivity index (χ3v) is 8.84. The van der Waals surface area contributed by atoms with Crippen molar-refractivity contribution >= 4 is 24.2 Å². The molecule has 0 saturated heterocycles. The lowest BCUT2D eigenvalue weighted by Crippen LogP contribution is -2.48. The van der Waals surface area contributed by atoms with E-state index in [0.29, 0.717) is 31.8 Å². The van der Waals surface area contributed by atoms with Gasteiger partial charge in [-0.05, 0) is 46.4 Å². The highest BCUT2D eigenvalue weighted by Gasteiger charge is 2.20. The van der Waals surface area contributed by atoms with Gasteiger partial charge in [0.25, 0.3) is 0 Å². The van der Waals surface area contributed by atoms with Crippen molar-refractivity contribution in [1.82, 2.24) is 20.9 Å². The molecule has 0 saturated carbocycles. The number of rotatable bonds is 22. The van der Waals surface area contributed by atoms with Crippen LogP contribution in [0.25, 0.3) is 0 Å². The van der Waals surface area contributed by atoms with Crippen molar-refractivity contribution in [2.45, 2.75) is 38.9 Å². The predicted octanol–water partition coefficient (Wildman–Crippen LogP) is 6.80. The number of benzene rings is 5. The summed E-state index contributed by atoms with van der Waals surface area (Å²) in [5.74, 6) is -0.0107. The van der Waals surface area contributed by atoms with Crippen LogP contribution in [0.1, 0.15) is 27.8 Å². The Labute approximate surface area is 344 Å². The molecule has 0 bridgehead atoms.